The van der Waals surface area contributed by atoms with Crippen LogP contribution in [0.3, 0.4) is 0 Å². The fourth-order valence-corrected chi connectivity index (χ4v) is 16.7. The first-order valence-corrected chi connectivity index (χ1v) is 46.6. The Morgan fingerprint density at radius 3 is 0.396 bits per heavy atom. The van der Waals surface area contributed by atoms with Crippen LogP contribution in [0, 0.1) is 160 Å². The molecule has 4 unspecified atom stereocenters. The summed E-state index contributed by atoms with van der Waals surface area (Å²) in [6.45, 7) is -7.70. The van der Waals surface area contributed by atoms with Crippen molar-refractivity contribution in [1.29, 1.82) is 0 Å². The Hall–Kier alpha value is -5.94. The predicted molar refractivity (Wildman–Crippen MR) is 476 cm³/mol. The molecular weight excluding hydrogens is 2490 g/mol. The Morgan fingerprint density at radius 2 is 0.292 bits per heavy atom. The fraction of sp³-hybridized carbons (Fsp3) is 0.762. The van der Waals surface area contributed by atoms with E-state index in [0.29, 0.717) is 0 Å². The predicted octanol–water partition coefficient (Wildman–Crippen LogP) is -20.8. The number of rotatable bonds is 40. The minimum atomic E-state index is -1.48. The molecule has 0 spiro atoms. The molecule has 812 valence electrons. The van der Waals surface area contributed by atoms with Gasteiger partial charge in [-0.2, -0.15) is 0 Å². The summed E-state index contributed by atoms with van der Waals surface area (Å²) in [5, 5.41) is 141. The molecule has 0 saturated carbocycles. The minimum Gasteiger partial charge on any atom is -0.549 e. The van der Waals surface area contributed by atoms with Crippen molar-refractivity contribution < 1.29 is 317 Å². The first-order chi connectivity index (χ1) is 66.2. The number of aliphatic carboxylic acids is 12. The third-order valence-electron chi connectivity index (χ3n) is 25.1. The average molecular weight is 2630 g/mol. The number of carbonyl (C=O) groups excluding carboxylic acids is 14. The monoisotopic (exact) mass is 2630 g/mol. The maximum atomic E-state index is 15.1. The van der Waals surface area contributed by atoms with Crippen LogP contribution in [-0.4, -0.2) is 638 Å². The van der Waals surface area contributed by atoms with Gasteiger partial charge in [0.2, 0.25) is 47.3 Å². The van der Waals surface area contributed by atoms with Crippen LogP contribution in [0.25, 0.3) is 0 Å². The van der Waals surface area contributed by atoms with Gasteiger partial charge in [0.25, 0.3) is 0 Å². The van der Waals surface area contributed by atoms with Crippen LogP contribution in [-0.2, 0) is 95.9 Å². The number of carboxylic acids is 12. The van der Waals surface area contributed by atoms with Crippen LogP contribution in [0.2, 0.25) is 0 Å². The van der Waals surface area contributed by atoms with Crippen LogP contribution in [0.15, 0.2) is 0 Å². The number of nitrogens with one attached hydrogen (secondary N) is 4. The summed E-state index contributed by atoms with van der Waals surface area (Å²) in [4.78, 5) is 292. The van der Waals surface area contributed by atoms with Crippen LogP contribution in [0.4, 0.5) is 0 Å². The van der Waals surface area contributed by atoms with E-state index in [1.165, 1.54) is 106 Å². The molecule has 144 heavy (non-hydrogen) atoms. The zero-order valence-electron chi connectivity index (χ0n) is 81.6. The van der Waals surface area contributed by atoms with Gasteiger partial charge in [0.15, 0.2) is 0 Å². The molecule has 0 bridgehead atoms. The molecule has 10 N–H and O–H groups in total. The van der Waals surface area contributed by atoms with Crippen molar-refractivity contribution in [2.24, 2.45) is 0 Å². The molecule has 60 heteroatoms. The van der Waals surface area contributed by atoms with Crippen molar-refractivity contribution in [2.75, 3.05) is 367 Å². The summed E-state index contributed by atoms with van der Waals surface area (Å²) in [7, 11) is 0. The largest absolute Gasteiger partial charge is 3.00 e. The van der Waals surface area contributed by atoms with Crippen LogP contribution in [0.5, 0.6) is 0 Å². The van der Waals surface area contributed by atoms with Crippen LogP contribution < -0.4 is 51.9 Å². The molecule has 4 radical (unpaired) electrons. The summed E-state index contributed by atoms with van der Waals surface area (Å²) >= 11 is 0. The van der Waals surface area contributed by atoms with E-state index in [1.807, 2.05) is 0 Å². The smallest absolute Gasteiger partial charge is 0.549 e. The van der Waals surface area contributed by atoms with Gasteiger partial charge >= 0.3 is 196 Å². The molecule has 5 fully saturated rings. The first-order valence-electron chi connectivity index (χ1n) is 46.6. The van der Waals surface area contributed by atoms with Gasteiger partial charge in [-0.3, -0.25) is 146 Å². The van der Waals surface area contributed by atoms with Gasteiger partial charge in [0.05, 0.1) is 125 Å². The number of carboxylic acid groups (broad SMARTS) is 12. The van der Waals surface area contributed by atoms with Gasteiger partial charge in [0, 0.05) is 301 Å². The standard InChI is InChI=1S/C84H144N24O32.4Gd/c1-61(101-29-21-93(53-73(121)122)13-5-89(49-69(113)114)6-14-94(22-30-101)54-74(123)124)81(137)85-45-65(109)105-37-39-106(66(110)46-86-82(138)62(2)102-31-23-95(55-75(125)126)15-7-90(50-70(115)116)8-16-96(24-32-102)56-76(127)128)41-43-108(68(112)48-88-84(140)64(4)104-35-27-99(59-79(133)134)19-11-92(52-72(119)120)12-20-100(28-36-104)60-80(135)136)44-42-107(40-38-105)67(111)47-87-83(139)63(3)103-33-25-97(57-77(129)130)17-9-91(51-71(117)118)10-18-98(26-34-103)58-78(131)132;;;;/h61-64H,5-60H2,1-4H3,(H,85,137)(H,86,138)(H,87,139)(H,88,140)(H,113,114)(H,115,116)(H,117,118)(H,119,120)(H,121,122)(H,123,124)(H,125,126)(H,127,128)(H,129,130)(H,131,132)(H,133,134)(H,135,136);;;;/q;4*+3/p-6. The van der Waals surface area contributed by atoms with E-state index in [0.717, 1.165) is 0 Å². The zero-order valence-corrected chi connectivity index (χ0v) is 90.6. The van der Waals surface area contributed by atoms with Crippen LogP contribution >= 0.6 is 0 Å². The molecule has 0 aliphatic carbocycles. The summed E-state index contributed by atoms with van der Waals surface area (Å²) in [5.41, 5.74) is 0. The molecule has 0 aromatic rings. The summed E-state index contributed by atoms with van der Waals surface area (Å²) in [6.07, 6.45) is 0. The van der Waals surface area contributed by atoms with Gasteiger partial charge in [-0.15, -0.1) is 0 Å². The van der Waals surface area contributed by atoms with Crippen molar-refractivity contribution in [2.45, 2.75) is 51.9 Å². The van der Waals surface area contributed by atoms with Crippen molar-refractivity contribution in [3.63, 3.8) is 0 Å². The van der Waals surface area contributed by atoms with Crippen molar-refractivity contribution in [1.82, 2.24) is 119 Å². The Bertz CT molecular complexity index is 3510. The Kier molecular flexibility index (Phi) is 69.3. The van der Waals surface area contributed by atoms with Crippen molar-refractivity contribution in [3.05, 3.63) is 0 Å². The van der Waals surface area contributed by atoms with Gasteiger partial charge in [-0.05, 0) is 27.7 Å². The zero-order chi connectivity index (χ0) is 104. The van der Waals surface area contributed by atoms with E-state index in [1.54, 1.807) is 19.6 Å². The molecule has 56 nitrogen and oxygen atoms in total. The number of amides is 8. The van der Waals surface area contributed by atoms with Gasteiger partial charge in [0.1, 0.15) is 0 Å². The van der Waals surface area contributed by atoms with E-state index in [9.17, 15) is 138 Å². The van der Waals surface area contributed by atoms with Crippen molar-refractivity contribution in [3.8, 4) is 0 Å². The van der Waals surface area contributed by atoms with Gasteiger partial charge in [-0.25, -0.2) is 0 Å². The van der Waals surface area contributed by atoms with E-state index in [4.69, 9.17) is 0 Å². The van der Waals surface area contributed by atoms with E-state index in [-0.39, 0.29) is 369 Å². The normalized spacial score (nSPS) is 19.8. The van der Waals surface area contributed by atoms with Crippen molar-refractivity contribution >= 4 is 119 Å². The second-order valence-electron chi connectivity index (χ2n) is 35.2. The molecule has 4 atom stereocenters. The Morgan fingerprint density at radius 1 is 0.188 bits per heavy atom. The Balaban J connectivity index is 0.0000259. The molecule has 5 aliphatic rings. The van der Waals surface area contributed by atoms with E-state index < -0.39 is 300 Å². The average Bonchev–Trinajstić information content (AvgIpc) is 0.848. The number of hydrogen-bond acceptors (Lipinski definition) is 42. The second kappa shape index (κ2) is 73.3. The van der Waals surface area contributed by atoms with E-state index in [2.05, 4.69) is 21.3 Å². The topological polar surface area (TPSA) is 714 Å². The molecule has 0 aromatic carbocycles. The van der Waals surface area contributed by atoms with E-state index >= 15 is 19.2 Å². The Labute approximate surface area is 963 Å². The SMILES string of the molecule is CC(C(=O)NCC(=O)N1CCN(C(=O)CNC(=O)C(C)N2CCN(CC(=O)[O-])CCN(CC(=O)[O-])CCN(CC(=O)O)CC2)CCN(C(=O)CNC(=O)C(C)N2CCN(CC(=O)O)CCN(CC(=O)[O-])CCN(CC(=O)O)CC2)CCN(C(=O)CNC(=O)C(C)N2CCN(CC(=O)[O-])CCN(CC(=O)O)CCN(CC(=O)O)CC2)CC1)N1CCN(CC(=O)[O-])CCN(CC(=O)O)CCN(CC(=O)[O-])CC1.[Gd+3].[Gd+3].[Gd+3].[Gd+3]. The maximum Gasteiger partial charge on any atom is 3.00 e. The van der Waals surface area contributed by atoms with Gasteiger partial charge < -0.3 is 131 Å². The molecule has 8 amide bonds. The summed E-state index contributed by atoms with van der Waals surface area (Å²) in [6, 6.07) is -4.62. The molecule has 5 saturated heterocycles. The minimum absolute atomic E-state index is 0. The molecule has 5 heterocycles. The molecule has 0 aromatic heterocycles. The first kappa shape index (κ1) is 136. The number of carbonyl (C=O) groups is 20. The molecular formula is C84H138Gd4N24O32+6. The third kappa shape index (κ3) is 56.2. The number of hydrogen-bond donors (Lipinski definition) is 10. The fourth-order valence-electron chi connectivity index (χ4n) is 16.7. The van der Waals surface area contributed by atoms with Crippen LogP contribution in [0.1, 0.15) is 27.7 Å². The molecule has 5 rings (SSSR count). The van der Waals surface area contributed by atoms with Gasteiger partial charge in [-0.1, -0.05) is 0 Å². The summed E-state index contributed by atoms with van der Waals surface area (Å²) < 4.78 is 0. The third-order valence-corrected chi connectivity index (χ3v) is 25.1. The maximum absolute atomic E-state index is 15.1. The second-order valence-corrected chi connectivity index (χ2v) is 35.2. The summed E-state index contributed by atoms with van der Waals surface area (Å²) in [5.74, 6) is -22.5. The molecule has 5 aliphatic heterocycles. The number of nitrogens with zero attached hydrogens (tertiary/aromatic N) is 20. The quantitative estimate of drug-likeness (QED) is 0.0272.